The third kappa shape index (κ3) is 11.6. The van der Waals surface area contributed by atoms with Gasteiger partial charge in [0.15, 0.2) is 0 Å². The number of amides is 1. The molecule has 0 spiro atoms. The summed E-state index contributed by atoms with van der Waals surface area (Å²) in [6.45, 7) is 3.90. The van der Waals surface area contributed by atoms with E-state index in [2.05, 4.69) is 10.6 Å². The van der Waals surface area contributed by atoms with Gasteiger partial charge in [-0.1, -0.05) is 25.0 Å². The Labute approximate surface area is 218 Å². The molecule has 202 valence electrons. The number of carbonyl (C=O) groups excluding carboxylic acids is 2. The highest BCUT2D eigenvalue weighted by atomic mass is 16.5. The fraction of sp³-hybridized carbons (Fsp3) is 0.500. The first-order valence-corrected chi connectivity index (χ1v) is 12.9. The molecule has 1 saturated carbocycles. The molecule has 9 nitrogen and oxygen atoms in total. The monoisotopic (exact) mass is 514 g/mol. The number of hydrogen-bond donors (Lipinski definition) is 3. The molecule has 2 aromatic carbocycles. The van der Waals surface area contributed by atoms with Crippen molar-refractivity contribution in [1.82, 2.24) is 10.6 Å². The Balaban J connectivity index is 1.20. The van der Waals surface area contributed by atoms with Gasteiger partial charge in [0.1, 0.15) is 36.6 Å². The third-order valence-corrected chi connectivity index (χ3v) is 5.83. The fourth-order valence-corrected chi connectivity index (χ4v) is 3.96. The molecule has 0 saturated heterocycles. The summed E-state index contributed by atoms with van der Waals surface area (Å²) in [4.78, 5) is 23.0. The minimum absolute atomic E-state index is 0.111. The van der Waals surface area contributed by atoms with Crippen molar-refractivity contribution in [1.29, 1.82) is 0 Å². The summed E-state index contributed by atoms with van der Waals surface area (Å²) in [5, 5.41) is 16.1. The van der Waals surface area contributed by atoms with E-state index in [-0.39, 0.29) is 24.9 Å². The molecule has 2 aromatic rings. The lowest BCUT2D eigenvalue weighted by Crippen LogP contribution is -2.37. The van der Waals surface area contributed by atoms with E-state index >= 15 is 0 Å². The molecule has 1 aliphatic rings. The van der Waals surface area contributed by atoms with Crippen LogP contribution >= 0.6 is 0 Å². The maximum absolute atomic E-state index is 12.1. The molecular weight excluding hydrogens is 476 g/mol. The van der Waals surface area contributed by atoms with Gasteiger partial charge < -0.3 is 34.7 Å². The number of esters is 1. The van der Waals surface area contributed by atoms with E-state index in [1.165, 1.54) is 19.8 Å². The van der Waals surface area contributed by atoms with E-state index in [1.54, 1.807) is 24.3 Å². The van der Waals surface area contributed by atoms with Crippen molar-refractivity contribution in [2.75, 3.05) is 39.5 Å². The molecule has 1 unspecified atom stereocenters. The van der Waals surface area contributed by atoms with Gasteiger partial charge in [0.25, 0.3) is 0 Å². The summed E-state index contributed by atoms with van der Waals surface area (Å²) in [5.41, 5.74) is 0.821. The zero-order valence-electron chi connectivity index (χ0n) is 21.4. The van der Waals surface area contributed by atoms with Gasteiger partial charge in [-0.05, 0) is 54.8 Å². The number of aliphatic hydroxyl groups is 1. The molecule has 9 heteroatoms. The maximum Gasteiger partial charge on any atom is 0.308 e. The number of benzene rings is 2. The predicted octanol–water partition coefficient (Wildman–Crippen LogP) is 2.64. The van der Waals surface area contributed by atoms with Gasteiger partial charge in [0.05, 0.1) is 19.1 Å². The fourth-order valence-electron chi connectivity index (χ4n) is 3.96. The van der Waals surface area contributed by atoms with Gasteiger partial charge in [0.2, 0.25) is 5.91 Å². The van der Waals surface area contributed by atoms with Crippen molar-refractivity contribution in [3.63, 3.8) is 0 Å². The molecule has 3 N–H and O–H groups in total. The molecule has 1 amide bonds. The number of nitrogens with one attached hydrogen (secondary N) is 2. The molecule has 0 heterocycles. The van der Waals surface area contributed by atoms with Gasteiger partial charge in [0, 0.05) is 26.6 Å². The summed E-state index contributed by atoms with van der Waals surface area (Å²) in [6.07, 6.45) is 4.77. The summed E-state index contributed by atoms with van der Waals surface area (Å²) in [5.74, 6) is 1.36. The lowest BCUT2D eigenvalue weighted by Gasteiger charge is -2.14. The molecular formula is C28H38N2O7. The largest absolute Gasteiger partial charge is 0.491 e. The van der Waals surface area contributed by atoms with Crippen molar-refractivity contribution >= 4 is 11.9 Å². The molecule has 1 atom stereocenters. The zero-order valence-corrected chi connectivity index (χ0v) is 21.4. The lowest BCUT2D eigenvalue weighted by atomic mass is 10.1. The Hall–Kier alpha value is -3.14. The second-order valence-electron chi connectivity index (χ2n) is 9.03. The summed E-state index contributed by atoms with van der Waals surface area (Å²) < 4.78 is 22.1. The number of carbonyl (C=O) groups is 2. The van der Waals surface area contributed by atoms with Gasteiger partial charge >= 0.3 is 5.97 Å². The van der Waals surface area contributed by atoms with Gasteiger partial charge in [-0.3, -0.25) is 9.59 Å². The SMILES string of the molecule is CC(=O)Oc1ccc(CC(=O)NCCNCC(O)COc2ccc(OCCOC3CCCC3)cc2)cc1. The maximum atomic E-state index is 12.1. The van der Waals surface area contributed by atoms with Crippen molar-refractivity contribution in [2.45, 2.75) is 51.2 Å². The van der Waals surface area contributed by atoms with Crippen LogP contribution < -0.4 is 24.8 Å². The highest BCUT2D eigenvalue weighted by molar-refractivity contribution is 5.78. The van der Waals surface area contributed by atoms with E-state index in [0.29, 0.717) is 50.5 Å². The van der Waals surface area contributed by atoms with E-state index in [4.69, 9.17) is 18.9 Å². The van der Waals surface area contributed by atoms with Crippen LogP contribution in [0.25, 0.3) is 0 Å². The summed E-state index contributed by atoms with van der Waals surface area (Å²) in [7, 11) is 0. The Bertz CT molecular complexity index is 944. The van der Waals surface area contributed by atoms with E-state index in [0.717, 1.165) is 24.2 Å². The molecule has 0 radical (unpaired) electrons. The van der Waals surface area contributed by atoms with Crippen LogP contribution in [0.1, 0.15) is 38.2 Å². The van der Waals surface area contributed by atoms with Gasteiger partial charge in [-0.25, -0.2) is 0 Å². The van der Waals surface area contributed by atoms with Gasteiger partial charge in [-0.2, -0.15) is 0 Å². The first kappa shape index (κ1) is 28.4. The topological polar surface area (TPSA) is 115 Å². The second kappa shape index (κ2) is 15.9. The number of ether oxygens (including phenoxy) is 4. The Morgan fingerprint density at radius 1 is 0.919 bits per heavy atom. The normalized spacial score (nSPS) is 14.2. The van der Waals surface area contributed by atoms with Crippen LogP contribution in [0.4, 0.5) is 0 Å². The van der Waals surface area contributed by atoms with Crippen molar-refractivity contribution in [3.05, 3.63) is 54.1 Å². The number of rotatable bonds is 16. The van der Waals surface area contributed by atoms with Gasteiger partial charge in [-0.15, -0.1) is 0 Å². The quantitative estimate of drug-likeness (QED) is 0.178. The Morgan fingerprint density at radius 2 is 1.57 bits per heavy atom. The van der Waals surface area contributed by atoms with Crippen LogP contribution in [-0.4, -0.2) is 68.6 Å². The molecule has 0 aromatic heterocycles. The van der Waals surface area contributed by atoms with E-state index in [9.17, 15) is 14.7 Å². The second-order valence-corrected chi connectivity index (χ2v) is 9.03. The lowest BCUT2D eigenvalue weighted by molar-refractivity contribution is -0.131. The zero-order chi connectivity index (χ0) is 26.3. The molecule has 3 rings (SSSR count). The first-order chi connectivity index (χ1) is 18.0. The highest BCUT2D eigenvalue weighted by Crippen LogP contribution is 2.21. The predicted molar refractivity (Wildman–Crippen MR) is 139 cm³/mol. The standard InChI is InChI=1S/C28H38N2O7/c1-21(31)37-27-8-6-22(7-9-27)18-28(33)30-15-14-29-19-23(32)20-36-26-12-10-25(11-13-26)35-17-16-34-24-4-2-3-5-24/h6-13,23-24,29,32H,2-5,14-20H2,1H3,(H,30,33). The van der Waals surface area contributed by atoms with Crippen LogP contribution in [0.15, 0.2) is 48.5 Å². The summed E-state index contributed by atoms with van der Waals surface area (Å²) >= 11 is 0. The molecule has 0 aliphatic heterocycles. The summed E-state index contributed by atoms with van der Waals surface area (Å²) in [6, 6.07) is 14.1. The Morgan fingerprint density at radius 3 is 2.24 bits per heavy atom. The highest BCUT2D eigenvalue weighted by Gasteiger charge is 2.14. The molecule has 0 bridgehead atoms. The van der Waals surface area contributed by atoms with Crippen LogP contribution in [0.3, 0.4) is 0 Å². The first-order valence-electron chi connectivity index (χ1n) is 12.9. The average molecular weight is 515 g/mol. The number of aliphatic hydroxyl groups excluding tert-OH is 1. The van der Waals surface area contributed by atoms with Crippen LogP contribution in [0.5, 0.6) is 17.2 Å². The molecule has 1 fully saturated rings. The van der Waals surface area contributed by atoms with Crippen molar-refractivity contribution in [2.24, 2.45) is 0 Å². The van der Waals surface area contributed by atoms with E-state index < -0.39 is 6.10 Å². The van der Waals surface area contributed by atoms with Crippen LogP contribution in [0, 0.1) is 0 Å². The van der Waals surface area contributed by atoms with Crippen molar-refractivity contribution in [3.8, 4) is 17.2 Å². The van der Waals surface area contributed by atoms with Crippen molar-refractivity contribution < 1.29 is 33.6 Å². The Kier molecular flexibility index (Phi) is 12.2. The van der Waals surface area contributed by atoms with Crippen LogP contribution in [-0.2, 0) is 20.7 Å². The average Bonchev–Trinajstić information content (AvgIpc) is 3.40. The third-order valence-electron chi connectivity index (χ3n) is 5.83. The number of hydrogen-bond acceptors (Lipinski definition) is 8. The minimum atomic E-state index is -0.685. The smallest absolute Gasteiger partial charge is 0.308 e. The molecule has 37 heavy (non-hydrogen) atoms. The van der Waals surface area contributed by atoms with E-state index in [1.807, 2.05) is 24.3 Å². The van der Waals surface area contributed by atoms with Crippen LogP contribution in [0.2, 0.25) is 0 Å². The minimum Gasteiger partial charge on any atom is -0.491 e. The molecule has 1 aliphatic carbocycles.